The molecule has 1 N–H and O–H groups in total. The molecule has 0 fully saturated rings. The van der Waals surface area contributed by atoms with Crippen LogP contribution in [-0.2, 0) is 9.53 Å². The van der Waals surface area contributed by atoms with Gasteiger partial charge < -0.3 is 10.1 Å². The van der Waals surface area contributed by atoms with E-state index in [1.165, 1.54) is 0 Å². The van der Waals surface area contributed by atoms with E-state index in [-0.39, 0.29) is 11.2 Å². The van der Waals surface area contributed by atoms with E-state index in [1.807, 2.05) is 27.0 Å². The lowest BCUT2D eigenvalue weighted by Gasteiger charge is -2.30. The van der Waals surface area contributed by atoms with Crippen molar-refractivity contribution in [3.63, 3.8) is 0 Å². The first kappa shape index (κ1) is 18.7. The summed E-state index contributed by atoms with van der Waals surface area (Å²) in [6.07, 6.45) is 2.67. The van der Waals surface area contributed by atoms with Gasteiger partial charge in [0.2, 0.25) is 0 Å². The molecular weight excluding hydrogens is 326 g/mol. The van der Waals surface area contributed by atoms with E-state index in [4.69, 9.17) is 4.74 Å². The number of aromatic nitrogens is 2. The predicted molar refractivity (Wildman–Crippen MR) is 90.3 cm³/mol. The molecule has 1 heterocycles. The minimum atomic E-state index is -0.662. The maximum atomic E-state index is 12.2. The van der Waals surface area contributed by atoms with Gasteiger partial charge in [0.1, 0.15) is 5.54 Å². The van der Waals surface area contributed by atoms with Crippen LogP contribution >= 0.6 is 34.9 Å². The molecule has 0 saturated carbocycles. The zero-order valence-electron chi connectivity index (χ0n) is 13.1. The normalized spacial score (nSPS) is 15.5. The van der Waals surface area contributed by atoms with Gasteiger partial charge in [-0.2, -0.15) is 0 Å². The number of rotatable bonds is 9. The van der Waals surface area contributed by atoms with E-state index >= 15 is 0 Å². The van der Waals surface area contributed by atoms with Crippen molar-refractivity contribution >= 4 is 40.8 Å². The zero-order valence-corrected chi connectivity index (χ0v) is 15.6. The summed E-state index contributed by atoms with van der Waals surface area (Å²) < 4.78 is 7.09. The third kappa shape index (κ3) is 5.77. The van der Waals surface area contributed by atoms with Crippen LogP contribution in [0.15, 0.2) is 8.68 Å². The number of likely N-dealkylation sites (N-methyl/N-ethyl adjacent to an activating group) is 1. The van der Waals surface area contributed by atoms with Crippen LogP contribution < -0.4 is 5.32 Å². The maximum absolute atomic E-state index is 12.2. The Morgan fingerprint density at radius 1 is 1.43 bits per heavy atom. The highest BCUT2D eigenvalue weighted by atomic mass is 32.2. The monoisotopic (exact) mass is 349 g/mol. The first-order valence-corrected chi connectivity index (χ1v) is 9.83. The SMILES string of the molecule is CCNC(C)(CC(C)Sc1nnc(SC)s1)C(=O)OCC. The van der Waals surface area contributed by atoms with Crippen molar-refractivity contribution in [2.45, 2.75) is 53.6 Å². The van der Waals surface area contributed by atoms with Crippen LogP contribution in [0.5, 0.6) is 0 Å². The fourth-order valence-electron chi connectivity index (χ4n) is 2.02. The number of carbonyl (C=O) groups excluding carboxylic acids is 1. The highest BCUT2D eigenvalue weighted by Crippen LogP contribution is 2.33. The van der Waals surface area contributed by atoms with Gasteiger partial charge in [0, 0.05) is 5.25 Å². The van der Waals surface area contributed by atoms with Gasteiger partial charge in [0.15, 0.2) is 8.68 Å². The van der Waals surface area contributed by atoms with Crippen molar-refractivity contribution in [2.24, 2.45) is 0 Å². The van der Waals surface area contributed by atoms with Crippen molar-refractivity contribution in [1.82, 2.24) is 15.5 Å². The molecule has 0 aliphatic rings. The predicted octanol–water partition coefficient (Wildman–Crippen LogP) is 3.06. The second kappa shape index (κ2) is 8.97. The number of nitrogens with one attached hydrogen (secondary N) is 1. The van der Waals surface area contributed by atoms with E-state index in [2.05, 4.69) is 22.4 Å². The van der Waals surface area contributed by atoms with Gasteiger partial charge in [-0.1, -0.05) is 48.7 Å². The summed E-state index contributed by atoms with van der Waals surface area (Å²) in [7, 11) is 0. The largest absolute Gasteiger partial charge is 0.465 e. The Balaban J connectivity index is 2.67. The minimum absolute atomic E-state index is 0.193. The molecular formula is C13H23N3O2S3. The molecule has 0 amide bonds. The van der Waals surface area contributed by atoms with Crippen LogP contribution in [0.1, 0.15) is 34.1 Å². The smallest absolute Gasteiger partial charge is 0.326 e. The average molecular weight is 350 g/mol. The molecule has 1 aromatic rings. The molecule has 8 heteroatoms. The van der Waals surface area contributed by atoms with Crippen LogP contribution in [0.3, 0.4) is 0 Å². The number of hydrogen-bond acceptors (Lipinski definition) is 8. The van der Waals surface area contributed by atoms with Gasteiger partial charge in [-0.15, -0.1) is 10.2 Å². The molecule has 0 saturated heterocycles. The zero-order chi connectivity index (χ0) is 15.9. The van der Waals surface area contributed by atoms with Crippen LogP contribution in [-0.4, -0.2) is 46.4 Å². The van der Waals surface area contributed by atoms with E-state index in [9.17, 15) is 4.79 Å². The Labute approximate surface area is 139 Å². The lowest BCUT2D eigenvalue weighted by atomic mass is 9.96. The van der Waals surface area contributed by atoms with E-state index in [0.29, 0.717) is 13.0 Å². The van der Waals surface area contributed by atoms with Gasteiger partial charge in [0.25, 0.3) is 0 Å². The third-order valence-corrected chi connectivity index (χ3v) is 5.94. The second-order valence-corrected chi connectivity index (χ2v) is 8.47. The highest BCUT2D eigenvalue weighted by molar-refractivity contribution is 8.03. The molecule has 0 bridgehead atoms. The quantitative estimate of drug-likeness (QED) is 0.543. The summed E-state index contributed by atoms with van der Waals surface area (Å²) in [5.74, 6) is -0.193. The van der Waals surface area contributed by atoms with Gasteiger partial charge in [-0.25, -0.2) is 0 Å². The molecule has 2 unspecified atom stereocenters. The van der Waals surface area contributed by atoms with E-state index < -0.39 is 5.54 Å². The number of hydrogen-bond donors (Lipinski definition) is 1. The van der Waals surface area contributed by atoms with Crippen LogP contribution in [0.4, 0.5) is 0 Å². The van der Waals surface area contributed by atoms with Crippen LogP contribution in [0.25, 0.3) is 0 Å². The molecule has 1 rings (SSSR count). The average Bonchev–Trinajstić information content (AvgIpc) is 2.86. The van der Waals surface area contributed by atoms with Gasteiger partial charge >= 0.3 is 5.97 Å². The molecule has 0 spiro atoms. The number of esters is 1. The fourth-order valence-corrected chi connectivity index (χ4v) is 4.96. The molecule has 5 nitrogen and oxygen atoms in total. The summed E-state index contributed by atoms with van der Waals surface area (Å²) >= 11 is 4.83. The Bertz CT molecular complexity index is 456. The Hall–Kier alpha value is -0.310. The van der Waals surface area contributed by atoms with Crippen molar-refractivity contribution < 1.29 is 9.53 Å². The third-order valence-electron chi connectivity index (χ3n) is 2.85. The number of carbonyl (C=O) groups is 1. The van der Waals surface area contributed by atoms with Crippen molar-refractivity contribution in [3.05, 3.63) is 0 Å². The van der Waals surface area contributed by atoms with Crippen LogP contribution in [0.2, 0.25) is 0 Å². The molecule has 2 atom stereocenters. The summed E-state index contributed by atoms with van der Waals surface area (Å²) in [6.45, 7) is 8.94. The Morgan fingerprint density at radius 3 is 2.62 bits per heavy atom. The van der Waals surface area contributed by atoms with Gasteiger partial charge in [-0.05, 0) is 33.1 Å². The second-order valence-electron chi connectivity index (χ2n) is 4.75. The first-order chi connectivity index (χ1) is 9.95. The number of nitrogens with zero attached hydrogens (tertiary/aromatic N) is 2. The summed E-state index contributed by atoms with van der Waals surface area (Å²) in [5.41, 5.74) is -0.662. The van der Waals surface area contributed by atoms with Crippen LogP contribution in [0, 0.1) is 0 Å². The molecule has 0 aromatic carbocycles. The molecule has 0 aliphatic heterocycles. The van der Waals surface area contributed by atoms with Crippen molar-refractivity contribution in [3.8, 4) is 0 Å². The van der Waals surface area contributed by atoms with Gasteiger partial charge in [0.05, 0.1) is 6.61 Å². The molecule has 1 aromatic heterocycles. The van der Waals surface area contributed by atoms with Crippen molar-refractivity contribution in [2.75, 3.05) is 19.4 Å². The highest BCUT2D eigenvalue weighted by Gasteiger charge is 2.35. The molecule has 0 aliphatic carbocycles. The Morgan fingerprint density at radius 2 is 2.10 bits per heavy atom. The lowest BCUT2D eigenvalue weighted by molar-refractivity contribution is -0.150. The van der Waals surface area contributed by atoms with E-state index in [0.717, 1.165) is 15.2 Å². The molecule has 120 valence electrons. The Kier molecular flexibility index (Phi) is 8.00. The van der Waals surface area contributed by atoms with Gasteiger partial charge in [-0.3, -0.25) is 4.79 Å². The summed E-state index contributed by atoms with van der Waals surface area (Å²) in [5, 5.41) is 11.7. The van der Waals surface area contributed by atoms with E-state index in [1.54, 1.807) is 34.9 Å². The maximum Gasteiger partial charge on any atom is 0.326 e. The number of thioether (sulfide) groups is 2. The summed E-state index contributed by atoms with van der Waals surface area (Å²) in [6, 6.07) is 0. The minimum Gasteiger partial charge on any atom is -0.465 e. The topological polar surface area (TPSA) is 64.1 Å². The molecule has 0 radical (unpaired) electrons. The summed E-state index contributed by atoms with van der Waals surface area (Å²) in [4.78, 5) is 12.2. The standard InChI is InChI=1S/C13H23N3O2S3/c1-6-14-13(4,10(17)18-7-2)8-9(3)20-12-16-15-11(19-5)21-12/h9,14H,6-8H2,1-5H3. The first-order valence-electron chi connectivity index (χ1n) is 6.91. The number of ether oxygens (including phenoxy) is 1. The fraction of sp³-hybridized carbons (Fsp3) is 0.769. The molecule has 21 heavy (non-hydrogen) atoms. The lowest BCUT2D eigenvalue weighted by Crippen LogP contribution is -2.51. The van der Waals surface area contributed by atoms with Crippen molar-refractivity contribution in [1.29, 1.82) is 0 Å².